The highest BCUT2D eigenvalue weighted by Crippen LogP contribution is 2.31. The predicted molar refractivity (Wildman–Crippen MR) is 77.4 cm³/mol. The lowest BCUT2D eigenvalue weighted by atomic mass is 9.80. The van der Waals surface area contributed by atoms with Gasteiger partial charge in [0.25, 0.3) is 0 Å². The maximum Gasteiger partial charge on any atom is 0.167 e. The van der Waals surface area contributed by atoms with Gasteiger partial charge in [-0.15, -0.1) is 0 Å². The topological polar surface area (TPSA) is 41.5 Å². The summed E-state index contributed by atoms with van der Waals surface area (Å²) < 4.78 is 32.2. The summed E-state index contributed by atoms with van der Waals surface area (Å²) in [6.07, 6.45) is 4.04. The van der Waals surface area contributed by atoms with Crippen molar-refractivity contribution in [1.29, 1.82) is 0 Å². The summed E-state index contributed by atoms with van der Waals surface area (Å²) >= 11 is 0. The van der Waals surface area contributed by atoms with Gasteiger partial charge in [-0.1, -0.05) is 6.92 Å². The molecule has 1 aromatic carbocycles. The van der Waals surface area contributed by atoms with E-state index >= 15 is 0 Å². The molecule has 5 heteroatoms. The van der Waals surface area contributed by atoms with Crippen LogP contribution in [0.4, 0.5) is 8.78 Å². The fourth-order valence-corrected chi connectivity index (χ4v) is 2.91. The Hall–Kier alpha value is -1.20. The van der Waals surface area contributed by atoms with E-state index in [0.29, 0.717) is 6.42 Å². The molecule has 1 aliphatic rings. The molecule has 0 bridgehead atoms. The van der Waals surface area contributed by atoms with E-state index in [2.05, 4.69) is 12.2 Å². The largest absolute Gasteiger partial charge is 0.487 e. The molecule has 0 aliphatic heterocycles. The first kappa shape index (κ1) is 16.2. The summed E-state index contributed by atoms with van der Waals surface area (Å²) in [5, 5.41) is 13.1. The van der Waals surface area contributed by atoms with Gasteiger partial charge in [-0.3, -0.25) is 0 Å². The third kappa shape index (κ3) is 4.14. The van der Waals surface area contributed by atoms with Crippen LogP contribution < -0.4 is 10.1 Å². The van der Waals surface area contributed by atoms with Crippen LogP contribution in [-0.2, 0) is 0 Å². The Bertz CT molecular complexity index is 470. The number of ether oxygens (including phenoxy) is 1. The van der Waals surface area contributed by atoms with E-state index in [0.717, 1.165) is 38.3 Å². The average Bonchev–Trinajstić information content (AvgIpc) is 2.48. The van der Waals surface area contributed by atoms with Crippen LogP contribution >= 0.6 is 0 Å². The number of aliphatic hydroxyl groups is 1. The summed E-state index contributed by atoms with van der Waals surface area (Å²) in [6.45, 7) is 2.94. The molecule has 21 heavy (non-hydrogen) atoms. The van der Waals surface area contributed by atoms with E-state index < -0.39 is 11.6 Å². The van der Waals surface area contributed by atoms with Crippen LogP contribution in [0.15, 0.2) is 18.2 Å². The molecule has 0 aromatic heterocycles. The Kier molecular flexibility index (Phi) is 5.53. The van der Waals surface area contributed by atoms with Crippen LogP contribution in [0.1, 0.15) is 39.0 Å². The first-order chi connectivity index (χ1) is 10.1. The smallest absolute Gasteiger partial charge is 0.167 e. The Morgan fingerprint density at radius 3 is 2.90 bits per heavy atom. The van der Waals surface area contributed by atoms with E-state index in [4.69, 9.17) is 4.74 Å². The highest BCUT2D eigenvalue weighted by molar-refractivity contribution is 5.25. The molecule has 0 spiro atoms. The molecule has 0 saturated heterocycles. The first-order valence-corrected chi connectivity index (χ1v) is 7.56. The highest BCUT2D eigenvalue weighted by atomic mass is 19.1. The summed E-state index contributed by atoms with van der Waals surface area (Å²) in [5.41, 5.74) is -0.352. The van der Waals surface area contributed by atoms with Gasteiger partial charge in [0.15, 0.2) is 11.6 Å². The fraction of sp³-hybridized carbons (Fsp3) is 0.625. The molecular weight excluding hydrogens is 276 g/mol. The van der Waals surface area contributed by atoms with Gasteiger partial charge >= 0.3 is 0 Å². The van der Waals surface area contributed by atoms with Crippen molar-refractivity contribution in [2.75, 3.05) is 13.2 Å². The van der Waals surface area contributed by atoms with Gasteiger partial charge in [-0.2, -0.15) is 0 Å². The van der Waals surface area contributed by atoms with Gasteiger partial charge in [-0.05, 0) is 44.4 Å². The van der Waals surface area contributed by atoms with Gasteiger partial charge in [0.05, 0.1) is 6.61 Å². The maximum atomic E-state index is 13.7. The lowest BCUT2D eigenvalue weighted by Gasteiger charge is -2.40. The molecule has 1 aliphatic carbocycles. The van der Waals surface area contributed by atoms with Crippen LogP contribution in [0.3, 0.4) is 0 Å². The maximum absolute atomic E-state index is 13.7. The minimum atomic E-state index is -0.684. The number of rotatable bonds is 6. The molecule has 2 unspecified atom stereocenters. The number of halogens is 2. The highest BCUT2D eigenvalue weighted by Gasteiger charge is 2.36. The second-order valence-corrected chi connectivity index (χ2v) is 5.78. The van der Waals surface area contributed by atoms with E-state index in [1.165, 1.54) is 12.1 Å². The zero-order valence-electron chi connectivity index (χ0n) is 12.4. The molecule has 1 saturated carbocycles. The molecule has 3 nitrogen and oxygen atoms in total. The van der Waals surface area contributed by atoms with Crippen LogP contribution in [0.2, 0.25) is 0 Å². The number of benzene rings is 1. The third-order valence-electron chi connectivity index (χ3n) is 4.04. The lowest BCUT2D eigenvalue weighted by Crippen LogP contribution is -2.53. The molecule has 2 N–H and O–H groups in total. The van der Waals surface area contributed by atoms with E-state index in [1.54, 1.807) is 0 Å². The second kappa shape index (κ2) is 7.18. The van der Waals surface area contributed by atoms with E-state index in [-0.39, 0.29) is 24.0 Å². The normalized spacial score (nSPS) is 25.8. The van der Waals surface area contributed by atoms with Crippen molar-refractivity contribution in [3.63, 3.8) is 0 Å². The van der Waals surface area contributed by atoms with E-state index in [1.807, 2.05) is 0 Å². The monoisotopic (exact) mass is 299 g/mol. The Labute approximate surface area is 124 Å². The SMILES string of the molecule is CCCNC1(CO)CCCC(Oc2ccc(F)cc2F)C1. The van der Waals surface area contributed by atoms with E-state index in [9.17, 15) is 13.9 Å². The van der Waals surface area contributed by atoms with Crippen molar-refractivity contribution in [2.24, 2.45) is 0 Å². The first-order valence-electron chi connectivity index (χ1n) is 7.56. The quantitative estimate of drug-likeness (QED) is 0.848. The molecule has 118 valence electrons. The van der Waals surface area contributed by atoms with Crippen molar-refractivity contribution in [3.8, 4) is 5.75 Å². The van der Waals surface area contributed by atoms with Gasteiger partial charge in [0.1, 0.15) is 11.9 Å². The van der Waals surface area contributed by atoms with Crippen molar-refractivity contribution in [1.82, 2.24) is 5.32 Å². The van der Waals surface area contributed by atoms with Gasteiger partial charge in [-0.25, -0.2) is 8.78 Å². The molecule has 0 amide bonds. The number of aliphatic hydroxyl groups excluding tert-OH is 1. The van der Waals surface area contributed by atoms with Crippen LogP contribution in [0.5, 0.6) is 5.75 Å². The molecule has 2 rings (SSSR count). The number of nitrogens with one attached hydrogen (secondary N) is 1. The van der Waals surface area contributed by atoms with Gasteiger partial charge < -0.3 is 15.2 Å². The lowest BCUT2D eigenvalue weighted by molar-refractivity contribution is 0.0492. The Morgan fingerprint density at radius 1 is 1.43 bits per heavy atom. The molecule has 1 aromatic rings. The fourth-order valence-electron chi connectivity index (χ4n) is 2.91. The zero-order chi connectivity index (χ0) is 15.3. The molecule has 0 radical (unpaired) electrons. The summed E-state index contributed by atoms with van der Waals surface area (Å²) in [7, 11) is 0. The van der Waals surface area contributed by atoms with Crippen LogP contribution in [0.25, 0.3) is 0 Å². The molecule has 1 fully saturated rings. The molecule has 2 atom stereocenters. The van der Waals surface area contributed by atoms with Crippen molar-refractivity contribution >= 4 is 0 Å². The minimum Gasteiger partial charge on any atom is -0.487 e. The Balaban J connectivity index is 2.03. The summed E-state index contributed by atoms with van der Waals surface area (Å²) in [5.74, 6) is -1.22. The second-order valence-electron chi connectivity index (χ2n) is 5.78. The standard InChI is InChI=1S/C16H23F2NO2/c1-2-8-19-16(11-20)7-3-4-13(10-16)21-15-6-5-12(17)9-14(15)18/h5-6,9,13,19-20H,2-4,7-8,10-11H2,1H3. The summed E-state index contributed by atoms with van der Waals surface area (Å²) in [4.78, 5) is 0. The van der Waals surface area contributed by atoms with Crippen LogP contribution in [-0.4, -0.2) is 29.9 Å². The number of hydrogen-bond donors (Lipinski definition) is 2. The Morgan fingerprint density at radius 2 is 2.24 bits per heavy atom. The van der Waals surface area contributed by atoms with Gasteiger partial charge in [0.2, 0.25) is 0 Å². The zero-order valence-corrected chi connectivity index (χ0v) is 12.4. The summed E-state index contributed by atoms with van der Waals surface area (Å²) in [6, 6.07) is 3.34. The molecular formula is C16H23F2NO2. The van der Waals surface area contributed by atoms with Crippen molar-refractivity contribution in [3.05, 3.63) is 29.8 Å². The minimum absolute atomic E-state index is 0.0404. The van der Waals surface area contributed by atoms with Gasteiger partial charge in [0, 0.05) is 18.0 Å². The average molecular weight is 299 g/mol. The number of hydrogen-bond acceptors (Lipinski definition) is 3. The van der Waals surface area contributed by atoms with Crippen LogP contribution in [0, 0.1) is 11.6 Å². The van der Waals surface area contributed by atoms with Crippen molar-refractivity contribution < 1.29 is 18.6 Å². The molecule has 0 heterocycles. The van der Waals surface area contributed by atoms with Crippen molar-refractivity contribution in [2.45, 2.75) is 50.7 Å². The predicted octanol–water partition coefficient (Wildman–Crippen LogP) is 3.02. The third-order valence-corrected chi connectivity index (χ3v) is 4.04.